The first-order valence-corrected chi connectivity index (χ1v) is 6.90. The molecule has 0 unspecified atom stereocenters. The standard InChI is InChI=1S/C14H21N5/c1-4-7-19-10-15-9-12(19)14-17-11(5-2)8-13(18-14)16-6-3/h8-10H,4-7H2,1-3H3,(H,16,17,18). The van der Waals surface area contributed by atoms with Crippen molar-refractivity contribution in [1.29, 1.82) is 0 Å². The Hall–Kier alpha value is -1.91. The third-order valence-electron chi connectivity index (χ3n) is 2.91. The molecule has 1 N–H and O–H groups in total. The Kier molecular flexibility index (Phi) is 4.49. The number of anilines is 1. The Morgan fingerprint density at radius 3 is 2.74 bits per heavy atom. The largest absolute Gasteiger partial charge is 0.370 e. The van der Waals surface area contributed by atoms with E-state index in [2.05, 4.69) is 45.6 Å². The second-order valence-electron chi connectivity index (χ2n) is 4.42. The molecule has 2 aromatic heterocycles. The molecule has 2 heterocycles. The maximum Gasteiger partial charge on any atom is 0.180 e. The van der Waals surface area contributed by atoms with E-state index in [1.54, 1.807) is 0 Å². The third kappa shape index (κ3) is 3.10. The summed E-state index contributed by atoms with van der Waals surface area (Å²) in [5, 5.41) is 3.26. The van der Waals surface area contributed by atoms with Gasteiger partial charge in [-0.1, -0.05) is 13.8 Å². The van der Waals surface area contributed by atoms with Crippen LogP contribution in [-0.2, 0) is 13.0 Å². The Bertz CT molecular complexity index is 532. The highest BCUT2D eigenvalue weighted by Crippen LogP contribution is 2.18. The molecule has 0 amide bonds. The van der Waals surface area contributed by atoms with Crippen LogP contribution in [0.4, 0.5) is 5.82 Å². The van der Waals surface area contributed by atoms with Gasteiger partial charge in [0.25, 0.3) is 0 Å². The van der Waals surface area contributed by atoms with Crippen molar-refractivity contribution in [2.45, 2.75) is 40.2 Å². The number of nitrogens with one attached hydrogen (secondary N) is 1. The molecule has 5 nitrogen and oxygen atoms in total. The second kappa shape index (κ2) is 6.31. The van der Waals surface area contributed by atoms with Crippen molar-refractivity contribution >= 4 is 5.82 Å². The monoisotopic (exact) mass is 259 g/mol. The lowest BCUT2D eigenvalue weighted by Crippen LogP contribution is -2.06. The zero-order valence-electron chi connectivity index (χ0n) is 11.8. The van der Waals surface area contributed by atoms with Crippen LogP contribution in [0.1, 0.15) is 32.9 Å². The highest BCUT2D eigenvalue weighted by atomic mass is 15.1. The average molecular weight is 259 g/mol. The molecule has 0 fully saturated rings. The second-order valence-corrected chi connectivity index (χ2v) is 4.42. The van der Waals surface area contributed by atoms with E-state index in [0.717, 1.165) is 49.0 Å². The molecule has 0 spiro atoms. The number of aryl methyl sites for hydroxylation is 2. The molecule has 19 heavy (non-hydrogen) atoms. The van der Waals surface area contributed by atoms with Crippen molar-refractivity contribution in [3.63, 3.8) is 0 Å². The van der Waals surface area contributed by atoms with E-state index in [4.69, 9.17) is 0 Å². The van der Waals surface area contributed by atoms with Gasteiger partial charge in [-0.3, -0.25) is 0 Å². The molecule has 0 aliphatic carbocycles. The van der Waals surface area contributed by atoms with Crippen molar-refractivity contribution in [3.8, 4) is 11.5 Å². The number of imidazole rings is 1. The Balaban J connectivity index is 2.42. The van der Waals surface area contributed by atoms with Gasteiger partial charge in [-0.05, 0) is 19.8 Å². The predicted octanol–water partition coefficient (Wildman–Crippen LogP) is 2.74. The summed E-state index contributed by atoms with van der Waals surface area (Å²) in [6.07, 6.45) is 5.64. The van der Waals surface area contributed by atoms with Crippen molar-refractivity contribution in [2.75, 3.05) is 11.9 Å². The molecule has 0 aromatic carbocycles. The minimum Gasteiger partial charge on any atom is -0.370 e. The van der Waals surface area contributed by atoms with Crippen molar-refractivity contribution in [1.82, 2.24) is 19.5 Å². The van der Waals surface area contributed by atoms with E-state index in [1.165, 1.54) is 0 Å². The molecule has 0 saturated heterocycles. The van der Waals surface area contributed by atoms with Crippen LogP contribution in [0.25, 0.3) is 11.5 Å². The van der Waals surface area contributed by atoms with Crippen LogP contribution in [0.5, 0.6) is 0 Å². The van der Waals surface area contributed by atoms with Gasteiger partial charge < -0.3 is 9.88 Å². The highest BCUT2D eigenvalue weighted by Gasteiger charge is 2.10. The molecule has 0 aliphatic rings. The number of aromatic nitrogens is 4. The molecule has 0 saturated carbocycles. The molecular weight excluding hydrogens is 238 g/mol. The Morgan fingerprint density at radius 1 is 1.21 bits per heavy atom. The van der Waals surface area contributed by atoms with Crippen LogP contribution in [0.15, 0.2) is 18.6 Å². The molecule has 5 heteroatoms. The Morgan fingerprint density at radius 2 is 2.05 bits per heavy atom. The van der Waals surface area contributed by atoms with Gasteiger partial charge in [-0.15, -0.1) is 0 Å². The van der Waals surface area contributed by atoms with Crippen molar-refractivity contribution < 1.29 is 0 Å². The molecule has 0 atom stereocenters. The van der Waals surface area contributed by atoms with Gasteiger partial charge in [0.15, 0.2) is 5.82 Å². The average Bonchev–Trinajstić information content (AvgIpc) is 2.87. The number of nitrogens with zero attached hydrogens (tertiary/aromatic N) is 4. The fourth-order valence-corrected chi connectivity index (χ4v) is 1.99. The van der Waals surface area contributed by atoms with Crippen LogP contribution < -0.4 is 5.32 Å². The van der Waals surface area contributed by atoms with Crippen LogP contribution in [0, 0.1) is 0 Å². The molecule has 0 aliphatic heterocycles. The van der Waals surface area contributed by atoms with Crippen LogP contribution in [0.2, 0.25) is 0 Å². The first-order chi connectivity index (χ1) is 9.28. The number of rotatable bonds is 6. The third-order valence-corrected chi connectivity index (χ3v) is 2.91. The summed E-state index contributed by atoms with van der Waals surface area (Å²) in [4.78, 5) is 13.4. The summed E-state index contributed by atoms with van der Waals surface area (Å²) in [6, 6.07) is 2.01. The van der Waals surface area contributed by atoms with Gasteiger partial charge in [0.05, 0.1) is 12.5 Å². The van der Waals surface area contributed by atoms with Crippen LogP contribution in [0.3, 0.4) is 0 Å². The van der Waals surface area contributed by atoms with E-state index in [-0.39, 0.29) is 0 Å². The molecule has 102 valence electrons. The number of hydrogen-bond donors (Lipinski definition) is 1. The fourth-order valence-electron chi connectivity index (χ4n) is 1.99. The zero-order valence-corrected chi connectivity index (χ0v) is 11.8. The highest BCUT2D eigenvalue weighted by molar-refractivity contribution is 5.53. The van der Waals surface area contributed by atoms with Crippen LogP contribution >= 0.6 is 0 Å². The number of hydrogen-bond acceptors (Lipinski definition) is 4. The van der Waals surface area contributed by atoms with Crippen molar-refractivity contribution in [2.24, 2.45) is 0 Å². The lowest BCUT2D eigenvalue weighted by atomic mass is 10.3. The summed E-state index contributed by atoms with van der Waals surface area (Å²) in [5.74, 6) is 1.63. The van der Waals surface area contributed by atoms with Gasteiger partial charge >= 0.3 is 0 Å². The summed E-state index contributed by atoms with van der Waals surface area (Å²) >= 11 is 0. The summed E-state index contributed by atoms with van der Waals surface area (Å²) in [7, 11) is 0. The first-order valence-electron chi connectivity index (χ1n) is 6.90. The van der Waals surface area contributed by atoms with E-state index in [0.29, 0.717) is 0 Å². The molecule has 2 rings (SSSR count). The van der Waals surface area contributed by atoms with E-state index >= 15 is 0 Å². The van der Waals surface area contributed by atoms with Gasteiger partial charge in [-0.2, -0.15) is 0 Å². The Labute approximate surface area is 114 Å². The lowest BCUT2D eigenvalue weighted by Gasteiger charge is -2.09. The van der Waals surface area contributed by atoms with Gasteiger partial charge in [0.1, 0.15) is 11.5 Å². The topological polar surface area (TPSA) is 55.6 Å². The zero-order chi connectivity index (χ0) is 13.7. The molecular formula is C14H21N5. The first kappa shape index (κ1) is 13.5. The van der Waals surface area contributed by atoms with Crippen molar-refractivity contribution in [3.05, 3.63) is 24.3 Å². The van der Waals surface area contributed by atoms with Crippen LogP contribution in [-0.4, -0.2) is 26.1 Å². The van der Waals surface area contributed by atoms with E-state index in [1.807, 2.05) is 18.6 Å². The lowest BCUT2D eigenvalue weighted by molar-refractivity contribution is 0.681. The maximum absolute atomic E-state index is 4.61. The van der Waals surface area contributed by atoms with Gasteiger partial charge in [0, 0.05) is 24.8 Å². The molecule has 0 bridgehead atoms. The van der Waals surface area contributed by atoms with E-state index in [9.17, 15) is 0 Å². The van der Waals surface area contributed by atoms with Gasteiger partial charge in [-0.25, -0.2) is 15.0 Å². The summed E-state index contributed by atoms with van der Waals surface area (Å²) in [5.41, 5.74) is 2.03. The summed E-state index contributed by atoms with van der Waals surface area (Å²) in [6.45, 7) is 8.11. The van der Waals surface area contributed by atoms with E-state index < -0.39 is 0 Å². The SMILES string of the molecule is CCCn1cncc1-c1nc(CC)cc(NCC)n1. The fraction of sp³-hybridized carbons (Fsp3) is 0.500. The predicted molar refractivity (Wildman–Crippen MR) is 77.1 cm³/mol. The minimum absolute atomic E-state index is 0.751. The quantitative estimate of drug-likeness (QED) is 0.866. The normalized spacial score (nSPS) is 10.7. The maximum atomic E-state index is 4.61. The van der Waals surface area contributed by atoms with Gasteiger partial charge in [0.2, 0.25) is 0 Å². The molecule has 0 radical (unpaired) electrons. The smallest absolute Gasteiger partial charge is 0.180 e. The minimum atomic E-state index is 0.751. The summed E-state index contributed by atoms with van der Waals surface area (Å²) < 4.78 is 2.10. The molecule has 2 aromatic rings.